The largest absolute Gasteiger partial charge is 0.497 e. The molecule has 4 aliphatic rings. The Hall–Kier alpha value is -2.32. The van der Waals surface area contributed by atoms with Crippen LogP contribution in [0.15, 0.2) is 51.4 Å². The fourth-order valence-corrected chi connectivity index (χ4v) is 8.12. The van der Waals surface area contributed by atoms with Crippen molar-refractivity contribution in [2.45, 2.75) is 55.8 Å². The van der Waals surface area contributed by atoms with E-state index in [1.165, 1.54) is 31.0 Å². The number of hydrogen-bond donors (Lipinski definition) is 0. The van der Waals surface area contributed by atoms with E-state index in [1.807, 2.05) is 29.6 Å². The summed E-state index contributed by atoms with van der Waals surface area (Å²) in [4.78, 5) is 17.0. The second-order valence-electron chi connectivity index (χ2n) is 10.1. The van der Waals surface area contributed by atoms with E-state index in [0.717, 1.165) is 53.2 Å². The molecule has 178 valence electrons. The van der Waals surface area contributed by atoms with Gasteiger partial charge in [-0.2, -0.15) is 0 Å². The molecule has 0 atom stereocenters. The third-order valence-corrected chi connectivity index (χ3v) is 9.47. The van der Waals surface area contributed by atoms with Gasteiger partial charge >= 0.3 is 0 Å². The summed E-state index contributed by atoms with van der Waals surface area (Å²) in [6.45, 7) is 0.618. The molecular weight excluding hydrogens is 466 g/mol. The van der Waals surface area contributed by atoms with Crippen molar-refractivity contribution in [3.63, 3.8) is 0 Å². The van der Waals surface area contributed by atoms with E-state index in [9.17, 15) is 4.79 Å². The highest BCUT2D eigenvalue weighted by Crippen LogP contribution is 2.58. The van der Waals surface area contributed by atoms with Gasteiger partial charge in [-0.15, -0.1) is 21.5 Å². The first-order valence-electron chi connectivity index (χ1n) is 12.0. The summed E-state index contributed by atoms with van der Waals surface area (Å²) < 4.78 is 11.3. The minimum absolute atomic E-state index is 0.0214. The number of methoxy groups -OCH3 is 1. The molecular formula is C26H29N3O3S2. The molecule has 34 heavy (non-hydrogen) atoms. The lowest BCUT2D eigenvalue weighted by Gasteiger charge is -2.60. The summed E-state index contributed by atoms with van der Waals surface area (Å²) in [7, 11) is 1.69. The number of thioether (sulfide) groups is 1. The Morgan fingerprint density at radius 2 is 1.91 bits per heavy atom. The lowest BCUT2D eigenvalue weighted by Crippen LogP contribution is -2.61. The molecule has 0 aliphatic heterocycles. The summed E-state index contributed by atoms with van der Waals surface area (Å²) in [6.07, 6.45) is 7.47. The lowest BCUT2D eigenvalue weighted by molar-refractivity contribution is -0.149. The minimum atomic E-state index is -0.0214. The van der Waals surface area contributed by atoms with Crippen LogP contribution in [0.25, 0.3) is 10.8 Å². The molecule has 1 aromatic carbocycles. The van der Waals surface area contributed by atoms with Gasteiger partial charge in [0.2, 0.25) is 5.91 Å². The molecule has 4 bridgehead atoms. The van der Waals surface area contributed by atoms with Gasteiger partial charge in [0.15, 0.2) is 0 Å². The lowest BCUT2D eigenvalue weighted by atomic mass is 9.52. The molecule has 0 N–H and O–H groups in total. The summed E-state index contributed by atoms with van der Waals surface area (Å²) in [6, 6.07) is 12.0. The van der Waals surface area contributed by atoms with Gasteiger partial charge in [-0.25, -0.2) is 0 Å². The van der Waals surface area contributed by atoms with Gasteiger partial charge in [-0.05, 0) is 85.4 Å². The zero-order valence-electron chi connectivity index (χ0n) is 19.3. The Labute approximate surface area is 208 Å². The molecule has 6 nitrogen and oxygen atoms in total. The highest BCUT2D eigenvalue weighted by atomic mass is 32.2. The van der Waals surface area contributed by atoms with Crippen LogP contribution in [-0.2, 0) is 11.3 Å². The van der Waals surface area contributed by atoms with Crippen molar-refractivity contribution in [3.05, 3.63) is 47.3 Å². The van der Waals surface area contributed by atoms with E-state index in [2.05, 4.69) is 27.2 Å². The van der Waals surface area contributed by atoms with Crippen molar-refractivity contribution in [2.75, 3.05) is 12.9 Å². The predicted octanol–water partition coefficient (Wildman–Crippen LogP) is 5.90. The number of carbonyl (C=O) groups is 1. The number of nitrogens with zero attached hydrogens (tertiary/aromatic N) is 3. The molecule has 4 aliphatic carbocycles. The smallest absolute Gasteiger partial charge is 0.277 e. The van der Waals surface area contributed by atoms with E-state index in [-0.39, 0.29) is 11.4 Å². The fraction of sp³-hybridized carbons (Fsp3) is 0.500. The van der Waals surface area contributed by atoms with Crippen molar-refractivity contribution in [1.82, 2.24) is 15.1 Å². The molecule has 7 rings (SSSR count). The van der Waals surface area contributed by atoms with Crippen LogP contribution in [0.2, 0.25) is 0 Å². The third-order valence-electron chi connectivity index (χ3n) is 7.81. The molecule has 2 aromatic heterocycles. The second kappa shape index (κ2) is 9.04. The number of thiophene rings is 1. The Kier molecular flexibility index (Phi) is 5.89. The Bertz CT molecular complexity index is 1120. The zero-order valence-corrected chi connectivity index (χ0v) is 20.9. The summed E-state index contributed by atoms with van der Waals surface area (Å²) in [5.41, 5.74) is 1.10. The SMILES string of the molecule is COc1cccc(CN(C(=O)CSc2nnc(-c3cccs3)o2)C23CC4CC(CC(C4)C2)C3)c1. The summed E-state index contributed by atoms with van der Waals surface area (Å²) >= 11 is 2.91. The Morgan fingerprint density at radius 3 is 2.59 bits per heavy atom. The van der Waals surface area contributed by atoms with Crippen LogP contribution >= 0.6 is 23.1 Å². The maximum atomic E-state index is 13.8. The first-order chi connectivity index (χ1) is 16.6. The molecule has 4 saturated carbocycles. The Morgan fingerprint density at radius 1 is 1.15 bits per heavy atom. The molecule has 0 saturated heterocycles. The second-order valence-corrected chi connectivity index (χ2v) is 12.0. The minimum Gasteiger partial charge on any atom is -0.497 e. The number of carbonyl (C=O) groups excluding carboxylic acids is 1. The van der Waals surface area contributed by atoms with Gasteiger partial charge in [0.1, 0.15) is 5.75 Å². The monoisotopic (exact) mass is 495 g/mol. The van der Waals surface area contributed by atoms with E-state index in [0.29, 0.717) is 23.4 Å². The van der Waals surface area contributed by atoms with E-state index in [4.69, 9.17) is 9.15 Å². The highest BCUT2D eigenvalue weighted by Gasteiger charge is 2.54. The maximum Gasteiger partial charge on any atom is 0.277 e. The van der Waals surface area contributed by atoms with Gasteiger partial charge in [0.25, 0.3) is 11.1 Å². The Balaban J connectivity index is 1.23. The van der Waals surface area contributed by atoms with Crippen molar-refractivity contribution < 1.29 is 13.9 Å². The molecule has 3 aromatic rings. The van der Waals surface area contributed by atoms with Crippen LogP contribution in [0, 0.1) is 17.8 Å². The van der Waals surface area contributed by atoms with Crippen molar-refractivity contribution >= 4 is 29.0 Å². The van der Waals surface area contributed by atoms with Crippen LogP contribution in [0.1, 0.15) is 44.1 Å². The topological polar surface area (TPSA) is 68.5 Å². The number of ether oxygens (including phenoxy) is 1. The molecule has 0 unspecified atom stereocenters. The van der Waals surface area contributed by atoms with Crippen LogP contribution in [0.4, 0.5) is 0 Å². The molecule has 4 fully saturated rings. The average Bonchev–Trinajstić information content (AvgIpc) is 3.52. The van der Waals surface area contributed by atoms with Crippen LogP contribution < -0.4 is 4.74 Å². The van der Waals surface area contributed by atoms with Crippen molar-refractivity contribution in [1.29, 1.82) is 0 Å². The van der Waals surface area contributed by atoms with Gasteiger partial charge in [0, 0.05) is 12.1 Å². The first kappa shape index (κ1) is 22.2. The highest BCUT2D eigenvalue weighted by molar-refractivity contribution is 7.99. The van der Waals surface area contributed by atoms with Gasteiger partial charge in [-0.1, -0.05) is 30.0 Å². The first-order valence-corrected chi connectivity index (χ1v) is 13.9. The average molecular weight is 496 g/mol. The summed E-state index contributed by atoms with van der Waals surface area (Å²) in [5.74, 6) is 4.11. The molecule has 0 radical (unpaired) electrons. The summed E-state index contributed by atoms with van der Waals surface area (Å²) in [5, 5.41) is 10.8. The fourth-order valence-electron chi connectivity index (χ4n) is 6.84. The maximum absolute atomic E-state index is 13.8. The number of rotatable bonds is 8. The quantitative estimate of drug-likeness (QED) is 0.363. The zero-order chi connectivity index (χ0) is 23.1. The predicted molar refractivity (Wildman–Crippen MR) is 133 cm³/mol. The van der Waals surface area contributed by atoms with Crippen molar-refractivity contribution in [2.24, 2.45) is 17.8 Å². The van der Waals surface area contributed by atoms with Crippen LogP contribution in [0.5, 0.6) is 5.75 Å². The van der Waals surface area contributed by atoms with Crippen LogP contribution in [-0.4, -0.2) is 39.4 Å². The normalized spacial score (nSPS) is 27.1. The number of amides is 1. The molecule has 0 spiro atoms. The third kappa shape index (κ3) is 4.26. The molecule has 2 heterocycles. The van der Waals surface area contributed by atoms with Gasteiger partial charge in [-0.3, -0.25) is 4.79 Å². The van der Waals surface area contributed by atoms with E-state index in [1.54, 1.807) is 18.4 Å². The molecule has 1 amide bonds. The van der Waals surface area contributed by atoms with Crippen LogP contribution in [0.3, 0.4) is 0 Å². The number of benzene rings is 1. The van der Waals surface area contributed by atoms with Gasteiger partial charge in [0.05, 0.1) is 17.7 Å². The van der Waals surface area contributed by atoms with Crippen molar-refractivity contribution in [3.8, 4) is 16.5 Å². The molecule has 8 heteroatoms. The van der Waals surface area contributed by atoms with E-state index < -0.39 is 0 Å². The van der Waals surface area contributed by atoms with Gasteiger partial charge < -0.3 is 14.1 Å². The van der Waals surface area contributed by atoms with E-state index >= 15 is 0 Å². The number of hydrogen-bond acceptors (Lipinski definition) is 7. The standard InChI is InChI=1S/C26H29N3O3S2/c1-31-21-5-2-4-17(11-21)15-29(26-12-18-8-19(13-26)10-20(9-18)14-26)23(30)16-34-25-28-27-24(32-25)22-6-3-7-33-22/h2-7,11,18-20H,8-10,12-16H2,1H3. The number of aromatic nitrogens is 2.